The van der Waals surface area contributed by atoms with Crippen molar-refractivity contribution in [3.63, 3.8) is 0 Å². The number of phosphoric acid groups is 1. The molecule has 2 N–H and O–H groups in total. The first-order chi connectivity index (χ1) is 24.3. The number of allylic oxidation sites excluding steroid dienone is 12. The molecule has 50 heavy (non-hydrogen) atoms. The van der Waals surface area contributed by atoms with E-state index < -0.39 is 32.5 Å². The Morgan fingerprint density at radius 3 is 1.36 bits per heavy atom. The highest BCUT2D eigenvalue weighted by molar-refractivity contribution is 7.46. The number of unbranched alkanes of at least 4 members (excludes halogenated alkanes) is 12. The Balaban J connectivity index is 4.09. The highest BCUT2D eigenvalue weighted by Crippen LogP contribution is 2.35. The van der Waals surface area contributed by atoms with Crippen molar-refractivity contribution in [3.8, 4) is 0 Å². The average molecular weight is 721 g/mol. The van der Waals surface area contributed by atoms with Crippen LogP contribution in [0.5, 0.6) is 0 Å². The van der Waals surface area contributed by atoms with Crippen LogP contribution in [0.4, 0.5) is 0 Å². The standard InChI is InChI=1S/C41H69O8P/c1-3-5-7-9-11-13-15-17-19-20-22-23-25-27-29-31-33-35-40(42)47-37-39(38-48-50(44,45)46)49-41(43)36-34-32-30-28-26-24-21-18-16-14-12-10-8-6-4-2/h11-14,17-19,21-23,26,28,39H,3-10,15-16,20,24-25,27,29-38H2,1-2H3,(H2,44,45,46)/b13-11+,14-12+,19-17+,21-18+,23-22+,28-26+/t39-/m1/s1. The number of hydrogen-bond acceptors (Lipinski definition) is 6. The molecule has 0 saturated heterocycles. The van der Waals surface area contributed by atoms with Crippen LogP contribution in [0.2, 0.25) is 0 Å². The zero-order chi connectivity index (χ0) is 36.8. The predicted octanol–water partition coefficient (Wildman–Crippen LogP) is 11.5. The Morgan fingerprint density at radius 2 is 0.900 bits per heavy atom. The molecule has 0 spiro atoms. The lowest BCUT2D eigenvalue weighted by molar-refractivity contribution is -0.161. The van der Waals surface area contributed by atoms with Crippen LogP contribution in [0.15, 0.2) is 72.9 Å². The van der Waals surface area contributed by atoms with E-state index in [9.17, 15) is 14.2 Å². The van der Waals surface area contributed by atoms with Gasteiger partial charge in [-0.1, -0.05) is 125 Å². The molecule has 0 aromatic carbocycles. The van der Waals surface area contributed by atoms with E-state index in [1.165, 1.54) is 44.9 Å². The van der Waals surface area contributed by atoms with Gasteiger partial charge in [-0.2, -0.15) is 0 Å². The molecule has 9 heteroatoms. The van der Waals surface area contributed by atoms with Gasteiger partial charge in [0.2, 0.25) is 0 Å². The molecule has 0 saturated carbocycles. The smallest absolute Gasteiger partial charge is 0.462 e. The maximum atomic E-state index is 12.3. The van der Waals surface area contributed by atoms with Crippen LogP contribution >= 0.6 is 7.82 Å². The Labute approximate surface area is 304 Å². The lowest BCUT2D eigenvalue weighted by atomic mass is 10.1. The molecule has 8 nitrogen and oxygen atoms in total. The monoisotopic (exact) mass is 720 g/mol. The molecule has 0 aromatic rings. The zero-order valence-corrected chi connectivity index (χ0v) is 32.2. The summed E-state index contributed by atoms with van der Waals surface area (Å²) in [7, 11) is -4.77. The van der Waals surface area contributed by atoms with Gasteiger partial charge in [0.05, 0.1) is 6.61 Å². The first-order valence-corrected chi connectivity index (χ1v) is 20.8. The van der Waals surface area contributed by atoms with E-state index in [0.29, 0.717) is 12.8 Å². The van der Waals surface area contributed by atoms with Crippen molar-refractivity contribution >= 4 is 19.8 Å². The number of hydrogen-bond donors (Lipinski definition) is 2. The molecule has 0 radical (unpaired) electrons. The number of phosphoric ester groups is 1. The zero-order valence-electron chi connectivity index (χ0n) is 31.3. The molecule has 0 bridgehead atoms. The maximum absolute atomic E-state index is 12.3. The van der Waals surface area contributed by atoms with Gasteiger partial charge in [0.25, 0.3) is 0 Å². The largest absolute Gasteiger partial charge is 0.469 e. The molecular formula is C41H69O8P. The van der Waals surface area contributed by atoms with Gasteiger partial charge in [-0.05, 0) is 89.9 Å². The molecule has 0 aliphatic heterocycles. The van der Waals surface area contributed by atoms with E-state index in [1.54, 1.807) is 0 Å². The van der Waals surface area contributed by atoms with Crippen LogP contribution in [0.3, 0.4) is 0 Å². The average Bonchev–Trinajstić information content (AvgIpc) is 3.08. The summed E-state index contributed by atoms with van der Waals surface area (Å²) >= 11 is 0. The third-order valence-electron chi connectivity index (χ3n) is 7.70. The number of ether oxygens (including phenoxy) is 2. The van der Waals surface area contributed by atoms with Crippen LogP contribution in [-0.4, -0.2) is 41.0 Å². The second-order valence-corrected chi connectivity index (χ2v) is 13.8. The predicted molar refractivity (Wildman–Crippen MR) is 207 cm³/mol. The minimum Gasteiger partial charge on any atom is -0.462 e. The van der Waals surface area contributed by atoms with Crippen LogP contribution in [0, 0.1) is 0 Å². The van der Waals surface area contributed by atoms with E-state index in [2.05, 4.69) is 91.3 Å². The van der Waals surface area contributed by atoms with Crippen LogP contribution < -0.4 is 0 Å². The number of carbonyl (C=O) groups is 2. The van der Waals surface area contributed by atoms with Crippen molar-refractivity contribution in [3.05, 3.63) is 72.9 Å². The van der Waals surface area contributed by atoms with E-state index in [-0.39, 0.29) is 19.4 Å². The summed E-state index contributed by atoms with van der Waals surface area (Å²) in [6.07, 6.45) is 46.2. The fraction of sp³-hybridized carbons (Fsp3) is 0.659. The molecule has 286 valence electrons. The van der Waals surface area contributed by atoms with Crippen LogP contribution in [0.25, 0.3) is 0 Å². The third-order valence-corrected chi connectivity index (χ3v) is 8.18. The molecule has 0 amide bonds. The molecule has 0 unspecified atom stereocenters. The van der Waals surface area contributed by atoms with E-state index in [0.717, 1.165) is 70.6 Å². The minimum absolute atomic E-state index is 0.154. The summed E-state index contributed by atoms with van der Waals surface area (Å²) in [5.41, 5.74) is 0. The molecule has 0 aliphatic rings. The number of esters is 2. The van der Waals surface area contributed by atoms with Crippen molar-refractivity contribution < 1.29 is 37.9 Å². The first kappa shape index (κ1) is 47.5. The maximum Gasteiger partial charge on any atom is 0.469 e. The molecule has 1 atom stereocenters. The van der Waals surface area contributed by atoms with Gasteiger partial charge in [-0.15, -0.1) is 0 Å². The molecule has 0 fully saturated rings. The Bertz CT molecular complexity index is 1040. The topological polar surface area (TPSA) is 119 Å². The van der Waals surface area contributed by atoms with E-state index >= 15 is 0 Å². The van der Waals surface area contributed by atoms with Gasteiger partial charge in [0, 0.05) is 12.8 Å². The Hall–Kier alpha value is -2.51. The lowest BCUT2D eigenvalue weighted by Crippen LogP contribution is -2.29. The molecule has 0 aromatic heterocycles. The van der Waals surface area contributed by atoms with Crippen LogP contribution in [-0.2, 0) is 28.2 Å². The lowest BCUT2D eigenvalue weighted by Gasteiger charge is -2.18. The van der Waals surface area contributed by atoms with Gasteiger partial charge < -0.3 is 19.3 Å². The fourth-order valence-electron chi connectivity index (χ4n) is 4.80. The van der Waals surface area contributed by atoms with Crippen molar-refractivity contribution in [2.45, 2.75) is 161 Å². The van der Waals surface area contributed by atoms with Crippen molar-refractivity contribution in [2.24, 2.45) is 0 Å². The van der Waals surface area contributed by atoms with Gasteiger partial charge in [-0.25, -0.2) is 4.57 Å². The summed E-state index contributed by atoms with van der Waals surface area (Å²) in [5.74, 6) is -0.962. The number of rotatable bonds is 34. The SMILES string of the molecule is CCCCC/C=C/C/C=C/C/C=C/CCCCCCC(=O)OC[C@H](COP(=O)(O)O)OC(=O)CCCC/C=C/C/C=C/C/C=C/CCCCC. The quantitative estimate of drug-likeness (QED) is 0.0292. The van der Waals surface area contributed by atoms with Crippen molar-refractivity contribution in [2.75, 3.05) is 13.2 Å². The summed E-state index contributed by atoms with van der Waals surface area (Å²) in [4.78, 5) is 42.7. The van der Waals surface area contributed by atoms with Crippen molar-refractivity contribution in [1.82, 2.24) is 0 Å². The highest BCUT2D eigenvalue weighted by atomic mass is 31.2. The Kier molecular flexibility index (Phi) is 34.5. The van der Waals surface area contributed by atoms with Gasteiger partial charge in [-0.3, -0.25) is 14.1 Å². The molecule has 0 aliphatic carbocycles. The number of carbonyl (C=O) groups excluding carboxylic acids is 2. The van der Waals surface area contributed by atoms with Gasteiger partial charge in [0.1, 0.15) is 6.61 Å². The van der Waals surface area contributed by atoms with Gasteiger partial charge >= 0.3 is 19.8 Å². The summed E-state index contributed by atoms with van der Waals surface area (Å²) in [6, 6.07) is 0. The second-order valence-electron chi connectivity index (χ2n) is 12.5. The fourth-order valence-corrected chi connectivity index (χ4v) is 5.16. The molecule has 0 heterocycles. The van der Waals surface area contributed by atoms with E-state index in [4.69, 9.17) is 19.3 Å². The Morgan fingerprint density at radius 1 is 0.520 bits per heavy atom. The summed E-state index contributed by atoms with van der Waals surface area (Å²) in [5, 5.41) is 0. The highest BCUT2D eigenvalue weighted by Gasteiger charge is 2.22. The van der Waals surface area contributed by atoms with E-state index in [1.807, 2.05) is 0 Å². The normalized spacial score (nSPS) is 13.3. The second kappa shape index (κ2) is 36.3. The van der Waals surface area contributed by atoms with Crippen LogP contribution in [0.1, 0.15) is 155 Å². The third kappa shape index (κ3) is 38.3. The first-order valence-electron chi connectivity index (χ1n) is 19.2. The summed E-state index contributed by atoms with van der Waals surface area (Å²) < 4.78 is 26.3. The molecular weight excluding hydrogens is 651 g/mol. The van der Waals surface area contributed by atoms with Gasteiger partial charge in [0.15, 0.2) is 6.10 Å². The molecule has 0 rings (SSSR count). The van der Waals surface area contributed by atoms with Crippen molar-refractivity contribution in [1.29, 1.82) is 0 Å². The summed E-state index contributed by atoms with van der Waals surface area (Å²) in [6.45, 7) is 3.56. The minimum atomic E-state index is -4.77.